The fourth-order valence-electron chi connectivity index (χ4n) is 3.68. The highest BCUT2D eigenvalue weighted by Gasteiger charge is 2.11. The molecule has 2 aromatic heterocycles. The van der Waals surface area contributed by atoms with Gasteiger partial charge in [0, 0.05) is 27.9 Å². The number of aryl methyl sites for hydroxylation is 1. The summed E-state index contributed by atoms with van der Waals surface area (Å²) in [5.41, 5.74) is 4.96. The van der Waals surface area contributed by atoms with Gasteiger partial charge >= 0.3 is 0 Å². The lowest BCUT2D eigenvalue weighted by molar-refractivity contribution is -0.115. The number of benzene rings is 3. The molecule has 1 amide bonds. The number of aromatic nitrogens is 2. The number of aromatic amines is 1. The van der Waals surface area contributed by atoms with Crippen LogP contribution in [0.5, 0.6) is 0 Å². The first-order valence-electron chi connectivity index (χ1n) is 11.3. The van der Waals surface area contributed by atoms with E-state index in [2.05, 4.69) is 20.6 Å². The summed E-state index contributed by atoms with van der Waals surface area (Å²) in [4.78, 5) is 20.3. The Labute approximate surface area is 228 Å². The van der Waals surface area contributed by atoms with Gasteiger partial charge < -0.3 is 14.7 Å². The number of thiocarbonyl (C=S) groups is 1. The first-order valence-corrected chi connectivity index (χ1v) is 12.4. The molecule has 0 saturated carbocycles. The van der Waals surface area contributed by atoms with E-state index < -0.39 is 5.91 Å². The van der Waals surface area contributed by atoms with Crippen molar-refractivity contribution in [1.29, 1.82) is 0 Å². The van der Waals surface area contributed by atoms with Crippen LogP contribution in [0.25, 0.3) is 39.8 Å². The summed E-state index contributed by atoms with van der Waals surface area (Å²) in [7, 11) is 0. The fourth-order valence-corrected chi connectivity index (χ4v) is 4.29. The molecule has 0 fully saturated rings. The molecule has 37 heavy (non-hydrogen) atoms. The SMILES string of the molecule is Cc1ccc(-c2ccc(/C=C/C(=O)NC(=S)Nc3ccc(Cl)c(-c4nc5ccccc5[nH]4)c3)o2)cc1Cl. The number of para-hydroxylation sites is 2. The van der Waals surface area contributed by atoms with Gasteiger partial charge in [0.1, 0.15) is 17.3 Å². The normalized spacial score (nSPS) is 11.2. The van der Waals surface area contributed by atoms with Crippen LogP contribution in [0.4, 0.5) is 5.69 Å². The van der Waals surface area contributed by atoms with E-state index in [0.717, 1.165) is 22.2 Å². The van der Waals surface area contributed by atoms with E-state index >= 15 is 0 Å². The van der Waals surface area contributed by atoms with Gasteiger partial charge in [-0.15, -0.1) is 0 Å². The van der Waals surface area contributed by atoms with Gasteiger partial charge in [-0.2, -0.15) is 0 Å². The van der Waals surface area contributed by atoms with Gasteiger partial charge in [-0.05, 0) is 79.3 Å². The largest absolute Gasteiger partial charge is 0.457 e. The number of rotatable bonds is 5. The third-order valence-corrected chi connectivity index (χ3v) is 6.53. The maximum absolute atomic E-state index is 12.4. The number of fused-ring (bicyclic) bond motifs is 1. The molecule has 2 heterocycles. The number of anilines is 1. The molecule has 9 heteroatoms. The van der Waals surface area contributed by atoms with E-state index in [1.807, 2.05) is 61.5 Å². The summed E-state index contributed by atoms with van der Waals surface area (Å²) < 4.78 is 5.81. The number of nitrogens with one attached hydrogen (secondary N) is 3. The Morgan fingerprint density at radius 2 is 1.86 bits per heavy atom. The van der Waals surface area contributed by atoms with Crippen molar-refractivity contribution >= 4 is 69.2 Å². The number of imidazole rings is 1. The number of H-pyrrole nitrogens is 1. The summed E-state index contributed by atoms with van der Waals surface area (Å²) in [6, 6.07) is 22.4. The summed E-state index contributed by atoms with van der Waals surface area (Å²) in [5.74, 6) is 1.41. The minimum atomic E-state index is -0.402. The smallest absolute Gasteiger partial charge is 0.250 e. The highest BCUT2D eigenvalue weighted by Crippen LogP contribution is 2.30. The number of furan rings is 1. The van der Waals surface area contributed by atoms with Crippen molar-refractivity contribution in [2.24, 2.45) is 0 Å². The maximum Gasteiger partial charge on any atom is 0.250 e. The standard InChI is InChI=1S/C28H20Cl2N4O2S/c1-16-6-7-17(14-22(16)30)25-12-9-19(36-25)10-13-26(35)34-28(37)31-18-8-11-21(29)20(15-18)27-32-23-4-2-3-5-24(23)33-27/h2-15H,1H3,(H,32,33)(H2,31,34,35,37)/b13-10+. The third kappa shape index (κ3) is 5.75. The van der Waals surface area contributed by atoms with Gasteiger partial charge in [-0.25, -0.2) is 4.98 Å². The van der Waals surface area contributed by atoms with Crippen molar-refractivity contribution in [1.82, 2.24) is 15.3 Å². The minimum Gasteiger partial charge on any atom is -0.457 e. The van der Waals surface area contributed by atoms with E-state index in [4.69, 9.17) is 39.8 Å². The molecule has 5 rings (SSSR count). The van der Waals surface area contributed by atoms with E-state index in [0.29, 0.717) is 38.6 Å². The number of nitrogens with zero attached hydrogens (tertiary/aromatic N) is 1. The average Bonchev–Trinajstić information content (AvgIpc) is 3.53. The van der Waals surface area contributed by atoms with E-state index in [1.165, 1.54) is 6.08 Å². The molecule has 0 radical (unpaired) electrons. The van der Waals surface area contributed by atoms with Crippen molar-refractivity contribution in [2.75, 3.05) is 5.32 Å². The fraction of sp³-hybridized carbons (Fsp3) is 0.0357. The summed E-state index contributed by atoms with van der Waals surface area (Å²) in [6.45, 7) is 1.94. The summed E-state index contributed by atoms with van der Waals surface area (Å²) in [5, 5.41) is 6.97. The van der Waals surface area contributed by atoms with Crippen molar-refractivity contribution in [3.8, 4) is 22.7 Å². The zero-order valence-electron chi connectivity index (χ0n) is 19.5. The molecule has 3 aromatic carbocycles. The van der Waals surface area contributed by atoms with Gasteiger partial charge in [0.15, 0.2) is 5.11 Å². The Kier molecular flexibility index (Phi) is 7.10. The number of carbonyl (C=O) groups is 1. The highest BCUT2D eigenvalue weighted by molar-refractivity contribution is 7.80. The molecule has 184 valence electrons. The Morgan fingerprint density at radius 1 is 1.03 bits per heavy atom. The van der Waals surface area contributed by atoms with Gasteiger partial charge in [0.25, 0.3) is 0 Å². The summed E-state index contributed by atoms with van der Waals surface area (Å²) in [6.07, 6.45) is 2.92. The Morgan fingerprint density at radius 3 is 2.68 bits per heavy atom. The minimum absolute atomic E-state index is 0.141. The molecular weight excluding hydrogens is 527 g/mol. The molecule has 0 unspecified atom stereocenters. The molecule has 0 saturated heterocycles. The number of halogens is 2. The van der Waals surface area contributed by atoms with Crippen LogP contribution in [-0.2, 0) is 4.79 Å². The van der Waals surface area contributed by atoms with E-state index in [9.17, 15) is 4.79 Å². The molecule has 3 N–H and O–H groups in total. The van der Waals surface area contributed by atoms with E-state index in [-0.39, 0.29) is 5.11 Å². The monoisotopic (exact) mass is 546 g/mol. The van der Waals surface area contributed by atoms with Crippen LogP contribution < -0.4 is 10.6 Å². The van der Waals surface area contributed by atoms with Crippen molar-refractivity contribution in [3.05, 3.63) is 100 Å². The maximum atomic E-state index is 12.4. The molecule has 0 bridgehead atoms. The lowest BCUT2D eigenvalue weighted by Crippen LogP contribution is -2.32. The summed E-state index contributed by atoms with van der Waals surface area (Å²) >= 11 is 17.9. The molecule has 0 aliphatic carbocycles. The quantitative estimate of drug-likeness (QED) is 0.156. The number of hydrogen-bond acceptors (Lipinski definition) is 4. The number of amides is 1. The third-order valence-electron chi connectivity index (χ3n) is 5.59. The zero-order valence-corrected chi connectivity index (χ0v) is 21.8. The van der Waals surface area contributed by atoms with Gasteiger partial charge in [-0.3, -0.25) is 10.1 Å². The second-order valence-corrected chi connectivity index (χ2v) is 9.46. The topological polar surface area (TPSA) is 83.0 Å². The highest BCUT2D eigenvalue weighted by atomic mass is 35.5. The van der Waals surface area contributed by atoms with Crippen LogP contribution in [0.15, 0.2) is 83.3 Å². The Bertz CT molecular complexity index is 1640. The van der Waals surface area contributed by atoms with Crippen molar-refractivity contribution in [2.45, 2.75) is 6.92 Å². The Balaban J connectivity index is 1.22. The van der Waals surface area contributed by atoms with Crippen LogP contribution in [0.1, 0.15) is 11.3 Å². The van der Waals surface area contributed by atoms with Crippen LogP contribution in [0.3, 0.4) is 0 Å². The predicted octanol–water partition coefficient (Wildman–Crippen LogP) is 7.63. The van der Waals surface area contributed by atoms with Crippen LogP contribution in [-0.4, -0.2) is 21.0 Å². The molecule has 0 spiro atoms. The first kappa shape index (κ1) is 24.8. The first-order chi connectivity index (χ1) is 17.9. The second kappa shape index (κ2) is 10.6. The Hall–Kier alpha value is -3.91. The lowest BCUT2D eigenvalue weighted by atomic mass is 10.1. The van der Waals surface area contributed by atoms with E-state index in [1.54, 1.807) is 24.3 Å². The van der Waals surface area contributed by atoms with Crippen molar-refractivity contribution in [3.63, 3.8) is 0 Å². The molecular formula is C28H20Cl2N4O2S. The van der Waals surface area contributed by atoms with Gasteiger partial charge in [0.2, 0.25) is 5.91 Å². The average molecular weight is 547 g/mol. The molecule has 0 atom stereocenters. The second-order valence-electron chi connectivity index (χ2n) is 8.24. The van der Waals surface area contributed by atoms with Gasteiger partial charge in [0.05, 0.1) is 16.1 Å². The number of hydrogen-bond donors (Lipinski definition) is 3. The van der Waals surface area contributed by atoms with Crippen LogP contribution in [0, 0.1) is 6.92 Å². The predicted molar refractivity (Wildman–Crippen MR) is 154 cm³/mol. The zero-order chi connectivity index (χ0) is 25.9. The van der Waals surface area contributed by atoms with Crippen LogP contribution in [0.2, 0.25) is 10.0 Å². The number of carbonyl (C=O) groups excluding carboxylic acids is 1. The molecule has 0 aliphatic rings. The lowest BCUT2D eigenvalue weighted by Gasteiger charge is -2.10. The van der Waals surface area contributed by atoms with Crippen LogP contribution >= 0.6 is 35.4 Å². The molecule has 6 nitrogen and oxygen atoms in total. The van der Waals surface area contributed by atoms with Crippen molar-refractivity contribution < 1.29 is 9.21 Å². The van der Waals surface area contributed by atoms with Gasteiger partial charge in [-0.1, -0.05) is 47.5 Å². The molecule has 5 aromatic rings. The molecule has 0 aliphatic heterocycles.